The van der Waals surface area contributed by atoms with Crippen LogP contribution in [0.25, 0.3) is 0 Å². The second kappa shape index (κ2) is 1.72. The third kappa shape index (κ3) is 0.710. The highest BCUT2D eigenvalue weighted by Crippen LogP contribution is 2.60. The van der Waals surface area contributed by atoms with Crippen molar-refractivity contribution in [2.45, 2.75) is 32.1 Å². The third-order valence-electron chi connectivity index (χ3n) is 3.15. The van der Waals surface area contributed by atoms with Crippen molar-refractivity contribution in [3.8, 4) is 0 Å². The maximum atomic E-state index is 8.99. The third-order valence-corrected chi connectivity index (χ3v) is 3.15. The summed E-state index contributed by atoms with van der Waals surface area (Å²) >= 11 is 0. The fourth-order valence-corrected chi connectivity index (χ4v) is 2.29. The van der Waals surface area contributed by atoms with Crippen LogP contribution in [0.3, 0.4) is 0 Å². The van der Waals surface area contributed by atoms with Crippen molar-refractivity contribution in [1.82, 2.24) is 0 Å². The van der Waals surface area contributed by atoms with Gasteiger partial charge in [0.15, 0.2) is 0 Å². The first-order valence-electron chi connectivity index (χ1n) is 3.98. The van der Waals surface area contributed by atoms with Gasteiger partial charge in [0.2, 0.25) is 0 Å². The Labute approximate surface area is 56.1 Å². The predicted octanol–water partition coefficient (Wildman–Crippen LogP) is 1.56. The summed E-state index contributed by atoms with van der Waals surface area (Å²) in [6.45, 7) is 0.456. The molecule has 0 radical (unpaired) electrons. The predicted molar refractivity (Wildman–Crippen MR) is 36.1 cm³/mol. The molecule has 0 unspecified atom stereocenters. The van der Waals surface area contributed by atoms with E-state index in [9.17, 15) is 0 Å². The molecule has 1 N–H and O–H groups in total. The van der Waals surface area contributed by atoms with Crippen LogP contribution in [0.15, 0.2) is 0 Å². The van der Waals surface area contributed by atoms with Gasteiger partial charge in [-0.15, -0.1) is 0 Å². The summed E-state index contributed by atoms with van der Waals surface area (Å²) in [4.78, 5) is 0. The molecule has 0 heterocycles. The topological polar surface area (TPSA) is 20.2 Å². The fourth-order valence-electron chi connectivity index (χ4n) is 2.29. The van der Waals surface area contributed by atoms with E-state index in [0.29, 0.717) is 12.0 Å². The Balaban J connectivity index is 2.01. The SMILES string of the molecule is OC[C@@]12CCCC[C@H]1C2. The molecule has 52 valence electrons. The molecule has 2 fully saturated rings. The lowest BCUT2D eigenvalue weighted by molar-refractivity contribution is 0.171. The van der Waals surface area contributed by atoms with E-state index in [1.807, 2.05) is 0 Å². The molecule has 1 heteroatoms. The summed E-state index contributed by atoms with van der Waals surface area (Å²) in [6, 6.07) is 0. The van der Waals surface area contributed by atoms with Gasteiger partial charge in [-0.05, 0) is 30.6 Å². The first-order valence-corrected chi connectivity index (χ1v) is 3.98. The van der Waals surface area contributed by atoms with Crippen LogP contribution < -0.4 is 0 Å². The average molecular weight is 126 g/mol. The highest BCUT2D eigenvalue weighted by Gasteiger charge is 2.53. The zero-order chi connectivity index (χ0) is 6.32. The van der Waals surface area contributed by atoms with Crippen LogP contribution in [0.5, 0.6) is 0 Å². The van der Waals surface area contributed by atoms with E-state index in [1.54, 1.807) is 0 Å². The number of aliphatic hydroxyl groups is 1. The van der Waals surface area contributed by atoms with Gasteiger partial charge in [-0.1, -0.05) is 12.8 Å². The summed E-state index contributed by atoms with van der Waals surface area (Å²) < 4.78 is 0. The maximum Gasteiger partial charge on any atom is 0.0490 e. The molecular formula is C8H14O. The normalized spacial score (nSPS) is 48.3. The van der Waals surface area contributed by atoms with Gasteiger partial charge >= 0.3 is 0 Å². The molecule has 9 heavy (non-hydrogen) atoms. The molecule has 0 aromatic rings. The van der Waals surface area contributed by atoms with E-state index >= 15 is 0 Å². The lowest BCUT2D eigenvalue weighted by atomic mass is 9.89. The van der Waals surface area contributed by atoms with Crippen molar-refractivity contribution in [3.63, 3.8) is 0 Å². The molecule has 2 rings (SSSR count). The van der Waals surface area contributed by atoms with Crippen molar-refractivity contribution in [3.05, 3.63) is 0 Å². The zero-order valence-electron chi connectivity index (χ0n) is 5.77. The molecule has 0 spiro atoms. The quantitative estimate of drug-likeness (QED) is 0.565. The van der Waals surface area contributed by atoms with Crippen molar-refractivity contribution in [2.75, 3.05) is 6.61 Å². The Morgan fingerprint density at radius 3 is 2.89 bits per heavy atom. The number of rotatable bonds is 1. The highest BCUT2D eigenvalue weighted by molar-refractivity contribution is 5.03. The van der Waals surface area contributed by atoms with Gasteiger partial charge < -0.3 is 5.11 Å². The molecule has 0 aromatic heterocycles. The minimum absolute atomic E-state index is 0.443. The largest absolute Gasteiger partial charge is 0.396 e. The smallest absolute Gasteiger partial charge is 0.0490 e. The van der Waals surface area contributed by atoms with Crippen LogP contribution in [0.1, 0.15) is 32.1 Å². The van der Waals surface area contributed by atoms with E-state index < -0.39 is 0 Å². The monoisotopic (exact) mass is 126 g/mol. The highest BCUT2D eigenvalue weighted by atomic mass is 16.3. The van der Waals surface area contributed by atoms with Crippen molar-refractivity contribution < 1.29 is 5.11 Å². The van der Waals surface area contributed by atoms with Gasteiger partial charge in [0.05, 0.1) is 0 Å². The minimum Gasteiger partial charge on any atom is -0.396 e. The molecule has 0 saturated heterocycles. The molecule has 2 saturated carbocycles. The van der Waals surface area contributed by atoms with Gasteiger partial charge in [0, 0.05) is 6.61 Å². The van der Waals surface area contributed by atoms with E-state index in [-0.39, 0.29) is 0 Å². The Morgan fingerprint density at radius 2 is 2.33 bits per heavy atom. The molecule has 0 bridgehead atoms. The summed E-state index contributed by atoms with van der Waals surface area (Å²) in [5, 5.41) is 8.99. The summed E-state index contributed by atoms with van der Waals surface area (Å²) in [5.74, 6) is 0.913. The molecule has 1 nitrogen and oxygen atoms in total. The molecule has 0 amide bonds. The van der Waals surface area contributed by atoms with Gasteiger partial charge in [-0.3, -0.25) is 0 Å². The van der Waals surface area contributed by atoms with Crippen LogP contribution in [0.4, 0.5) is 0 Å². The van der Waals surface area contributed by atoms with Crippen LogP contribution in [0.2, 0.25) is 0 Å². The standard InChI is InChI=1S/C8H14O/c9-6-8-4-2-1-3-7(8)5-8/h7,9H,1-6H2/t7-,8-/m0/s1. The molecule has 2 atom stereocenters. The fraction of sp³-hybridized carbons (Fsp3) is 1.00. The lowest BCUT2D eigenvalue weighted by Crippen LogP contribution is -2.13. The first kappa shape index (κ1) is 5.72. The van der Waals surface area contributed by atoms with Crippen molar-refractivity contribution in [1.29, 1.82) is 0 Å². The maximum absolute atomic E-state index is 8.99. The van der Waals surface area contributed by atoms with Crippen molar-refractivity contribution in [2.24, 2.45) is 11.3 Å². The summed E-state index contributed by atoms with van der Waals surface area (Å²) in [5.41, 5.74) is 0.443. The summed E-state index contributed by atoms with van der Waals surface area (Å²) in [7, 11) is 0. The minimum atomic E-state index is 0.443. The number of hydrogen-bond acceptors (Lipinski definition) is 1. The van der Waals surface area contributed by atoms with E-state index in [4.69, 9.17) is 5.11 Å². The van der Waals surface area contributed by atoms with E-state index in [2.05, 4.69) is 0 Å². The Hall–Kier alpha value is -0.0400. The average Bonchev–Trinajstić information content (AvgIpc) is 2.62. The number of hydrogen-bond donors (Lipinski definition) is 1. The molecule has 2 aliphatic rings. The lowest BCUT2D eigenvalue weighted by Gasteiger charge is -2.18. The van der Waals surface area contributed by atoms with Crippen LogP contribution >= 0.6 is 0 Å². The van der Waals surface area contributed by atoms with Crippen LogP contribution in [-0.2, 0) is 0 Å². The molecule has 0 aromatic carbocycles. The molecular weight excluding hydrogens is 112 g/mol. The van der Waals surface area contributed by atoms with E-state index in [1.165, 1.54) is 32.1 Å². The second-order valence-electron chi connectivity index (χ2n) is 3.67. The Kier molecular flexibility index (Phi) is 1.10. The van der Waals surface area contributed by atoms with Crippen molar-refractivity contribution >= 4 is 0 Å². The Morgan fingerprint density at radius 1 is 1.44 bits per heavy atom. The molecule has 0 aliphatic heterocycles. The van der Waals surface area contributed by atoms with Gasteiger partial charge in [-0.25, -0.2) is 0 Å². The first-order chi connectivity index (χ1) is 4.37. The van der Waals surface area contributed by atoms with Gasteiger partial charge in [0.25, 0.3) is 0 Å². The van der Waals surface area contributed by atoms with Crippen LogP contribution in [0, 0.1) is 11.3 Å². The second-order valence-corrected chi connectivity index (χ2v) is 3.67. The Bertz CT molecular complexity index is 122. The number of aliphatic hydroxyl groups excluding tert-OH is 1. The van der Waals surface area contributed by atoms with E-state index in [0.717, 1.165) is 5.92 Å². The number of fused-ring (bicyclic) bond motifs is 1. The van der Waals surface area contributed by atoms with Crippen LogP contribution in [-0.4, -0.2) is 11.7 Å². The van der Waals surface area contributed by atoms with Gasteiger partial charge in [-0.2, -0.15) is 0 Å². The summed E-state index contributed by atoms with van der Waals surface area (Å²) in [6.07, 6.45) is 6.78. The van der Waals surface area contributed by atoms with Gasteiger partial charge in [0.1, 0.15) is 0 Å². The molecule has 2 aliphatic carbocycles. The zero-order valence-corrected chi connectivity index (χ0v) is 5.77.